The zero-order valence-electron chi connectivity index (χ0n) is 10.7. The van der Waals surface area contributed by atoms with Crippen molar-refractivity contribution in [3.63, 3.8) is 0 Å². The number of hydrogen-bond donors (Lipinski definition) is 0. The molecular formula is C16H19N. The Kier molecular flexibility index (Phi) is 3.28. The molecule has 1 unspecified atom stereocenters. The number of hydrogen-bond acceptors (Lipinski definition) is 1. The normalized spacial score (nSPS) is 13.4. The molecule has 1 heteroatoms. The number of pyridine rings is 1. The average Bonchev–Trinajstić information content (AvgIpc) is 2.30. The van der Waals surface area contributed by atoms with E-state index in [2.05, 4.69) is 68.2 Å². The van der Waals surface area contributed by atoms with Crippen LogP contribution in [0.2, 0.25) is 0 Å². The van der Waals surface area contributed by atoms with Crippen LogP contribution in [0.25, 0.3) is 0 Å². The smallest absolute Gasteiger partial charge is 0.0483 e. The largest absolute Gasteiger partial charge is 0.261 e. The molecule has 0 radical (unpaired) electrons. The minimum Gasteiger partial charge on any atom is -0.261 e. The van der Waals surface area contributed by atoms with Crippen LogP contribution >= 0.6 is 0 Å². The van der Waals surface area contributed by atoms with E-state index in [-0.39, 0.29) is 5.41 Å². The van der Waals surface area contributed by atoms with Crippen molar-refractivity contribution in [3.8, 4) is 0 Å². The van der Waals surface area contributed by atoms with Gasteiger partial charge >= 0.3 is 0 Å². The van der Waals surface area contributed by atoms with Gasteiger partial charge in [-0.15, -0.1) is 0 Å². The third-order valence-electron chi connectivity index (χ3n) is 2.98. The molecule has 0 aliphatic carbocycles. The van der Waals surface area contributed by atoms with Gasteiger partial charge in [0.05, 0.1) is 0 Å². The minimum atomic E-state index is 0.162. The second-order valence-electron chi connectivity index (χ2n) is 5.46. The van der Waals surface area contributed by atoms with Crippen LogP contribution in [0.4, 0.5) is 0 Å². The van der Waals surface area contributed by atoms with E-state index in [0.717, 1.165) is 5.69 Å². The first-order valence-electron chi connectivity index (χ1n) is 6.05. The first-order chi connectivity index (χ1) is 8.09. The number of rotatable bonds is 2. The Bertz CT molecular complexity index is 414. The fourth-order valence-corrected chi connectivity index (χ4v) is 2.31. The lowest BCUT2D eigenvalue weighted by Crippen LogP contribution is -2.20. The number of nitrogens with zero attached hydrogens (tertiary/aromatic N) is 1. The van der Waals surface area contributed by atoms with Crippen molar-refractivity contribution in [2.75, 3.05) is 0 Å². The average molecular weight is 225 g/mol. The van der Waals surface area contributed by atoms with E-state index in [1.54, 1.807) is 0 Å². The zero-order valence-corrected chi connectivity index (χ0v) is 10.7. The summed E-state index contributed by atoms with van der Waals surface area (Å²) in [5.74, 6) is 0.338. The van der Waals surface area contributed by atoms with Gasteiger partial charge in [0, 0.05) is 17.8 Å². The monoisotopic (exact) mass is 225 g/mol. The van der Waals surface area contributed by atoms with E-state index in [0.29, 0.717) is 5.92 Å². The molecular weight excluding hydrogens is 206 g/mol. The Hall–Kier alpha value is -1.63. The van der Waals surface area contributed by atoms with E-state index >= 15 is 0 Å². The molecule has 1 aromatic carbocycles. The SMILES string of the molecule is CC(C)(C)C(c1ccccc1)c1ccccn1. The number of aromatic nitrogens is 1. The predicted octanol–water partition coefficient (Wildman–Crippen LogP) is 4.26. The molecule has 0 spiro atoms. The van der Waals surface area contributed by atoms with Crippen LogP contribution in [-0.4, -0.2) is 4.98 Å². The zero-order chi connectivity index (χ0) is 12.3. The molecule has 0 amide bonds. The second-order valence-corrected chi connectivity index (χ2v) is 5.46. The van der Waals surface area contributed by atoms with Crippen LogP contribution in [0.3, 0.4) is 0 Å². The van der Waals surface area contributed by atoms with Crippen molar-refractivity contribution in [2.24, 2.45) is 5.41 Å². The lowest BCUT2D eigenvalue weighted by atomic mass is 9.74. The molecule has 0 aliphatic rings. The molecule has 0 N–H and O–H groups in total. The number of benzene rings is 1. The minimum absolute atomic E-state index is 0.162. The summed E-state index contributed by atoms with van der Waals surface area (Å²) in [6, 6.07) is 16.8. The summed E-state index contributed by atoms with van der Waals surface area (Å²) in [6.45, 7) is 6.79. The van der Waals surface area contributed by atoms with Crippen LogP contribution in [0.1, 0.15) is 37.9 Å². The Morgan fingerprint density at radius 1 is 0.882 bits per heavy atom. The maximum atomic E-state index is 4.52. The van der Waals surface area contributed by atoms with Gasteiger partial charge in [0.15, 0.2) is 0 Å². The summed E-state index contributed by atoms with van der Waals surface area (Å²) in [4.78, 5) is 4.52. The molecule has 2 rings (SSSR count). The lowest BCUT2D eigenvalue weighted by molar-refractivity contribution is 0.353. The second kappa shape index (κ2) is 4.70. The van der Waals surface area contributed by atoms with Crippen LogP contribution < -0.4 is 0 Å². The van der Waals surface area contributed by atoms with Crippen molar-refractivity contribution in [3.05, 3.63) is 66.0 Å². The molecule has 0 bridgehead atoms. The van der Waals surface area contributed by atoms with Crippen molar-refractivity contribution < 1.29 is 0 Å². The van der Waals surface area contributed by atoms with Gasteiger partial charge in [-0.2, -0.15) is 0 Å². The van der Waals surface area contributed by atoms with Crippen molar-refractivity contribution in [1.82, 2.24) is 4.98 Å². The predicted molar refractivity (Wildman–Crippen MR) is 72.0 cm³/mol. The van der Waals surface area contributed by atoms with Gasteiger partial charge in [-0.05, 0) is 23.1 Å². The standard InChI is InChI=1S/C16H19N/c1-16(2,3)15(13-9-5-4-6-10-13)14-11-7-8-12-17-14/h4-12,15H,1-3H3. The summed E-state index contributed by atoms with van der Waals surface area (Å²) >= 11 is 0. The van der Waals surface area contributed by atoms with Crippen molar-refractivity contribution in [2.45, 2.75) is 26.7 Å². The quantitative estimate of drug-likeness (QED) is 0.744. The van der Waals surface area contributed by atoms with E-state index < -0.39 is 0 Å². The van der Waals surface area contributed by atoms with Gasteiger partial charge in [0.2, 0.25) is 0 Å². The van der Waals surface area contributed by atoms with Gasteiger partial charge < -0.3 is 0 Å². The summed E-state index contributed by atoms with van der Waals surface area (Å²) in [5.41, 5.74) is 2.64. The van der Waals surface area contributed by atoms with E-state index in [4.69, 9.17) is 0 Å². The maximum Gasteiger partial charge on any atom is 0.0483 e. The topological polar surface area (TPSA) is 12.9 Å². The molecule has 17 heavy (non-hydrogen) atoms. The van der Waals surface area contributed by atoms with Crippen LogP contribution in [0.15, 0.2) is 54.7 Å². The fourth-order valence-electron chi connectivity index (χ4n) is 2.31. The van der Waals surface area contributed by atoms with Gasteiger partial charge in [-0.25, -0.2) is 0 Å². The van der Waals surface area contributed by atoms with Gasteiger partial charge in [-0.3, -0.25) is 4.98 Å². The van der Waals surface area contributed by atoms with Crippen LogP contribution in [0, 0.1) is 5.41 Å². The summed E-state index contributed by atoms with van der Waals surface area (Å²) in [6.07, 6.45) is 1.87. The highest BCUT2D eigenvalue weighted by Gasteiger charge is 2.28. The van der Waals surface area contributed by atoms with Gasteiger partial charge in [0.25, 0.3) is 0 Å². The third kappa shape index (κ3) is 2.73. The molecule has 1 atom stereocenters. The van der Waals surface area contributed by atoms with Crippen molar-refractivity contribution in [1.29, 1.82) is 0 Å². The summed E-state index contributed by atoms with van der Waals surface area (Å²) < 4.78 is 0. The molecule has 0 saturated heterocycles. The first-order valence-corrected chi connectivity index (χ1v) is 6.05. The molecule has 0 fully saturated rings. The van der Waals surface area contributed by atoms with Crippen LogP contribution in [0.5, 0.6) is 0 Å². The molecule has 0 saturated carbocycles. The van der Waals surface area contributed by atoms with E-state index in [1.165, 1.54) is 5.56 Å². The van der Waals surface area contributed by atoms with Gasteiger partial charge in [0.1, 0.15) is 0 Å². The summed E-state index contributed by atoms with van der Waals surface area (Å²) in [5, 5.41) is 0. The van der Waals surface area contributed by atoms with Crippen LogP contribution in [-0.2, 0) is 0 Å². The summed E-state index contributed by atoms with van der Waals surface area (Å²) in [7, 11) is 0. The molecule has 1 nitrogen and oxygen atoms in total. The highest BCUT2D eigenvalue weighted by Crippen LogP contribution is 2.39. The fraction of sp³-hybridized carbons (Fsp3) is 0.312. The van der Waals surface area contributed by atoms with E-state index in [9.17, 15) is 0 Å². The van der Waals surface area contributed by atoms with Gasteiger partial charge in [-0.1, -0.05) is 57.2 Å². The maximum absolute atomic E-state index is 4.52. The highest BCUT2D eigenvalue weighted by atomic mass is 14.7. The molecule has 88 valence electrons. The first kappa shape index (κ1) is 11.8. The molecule has 1 aromatic heterocycles. The Morgan fingerprint density at radius 3 is 2.06 bits per heavy atom. The van der Waals surface area contributed by atoms with E-state index in [1.807, 2.05) is 12.3 Å². The molecule has 2 aromatic rings. The Balaban J connectivity index is 2.48. The third-order valence-corrected chi connectivity index (χ3v) is 2.98. The molecule has 0 aliphatic heterocycles. The Labute approximate surface area is 104 Å². The highest BCUT2D eigenvalue weighted by molar-refractivity contribution is 5.30. The Morgan fingerprint density at radius 2 is 1.53 bits per heavy atom. The molecule has 1 heterocycles. The lowest BCUT2D eigenvalue weighted by Gasteiger charge is -2.30. The van der Waals surface area contributed by atoms with Crippen molar-refractivity contribution >= 4 is 0 Å².